The van der Waals surface area contributed by atoms with Gasteiger partial charge in [-0.05, 0) is 33.1 Å². The third-order valence-corrected chi connectivity index (χ3v) is 6.26. The van der Waals surface area contributed by atoms with Crippen LogP contribution in [0.25, 0.3) is 11.2 Å². The zero-order chi connectivity index (χ0) is 19.2. The summed E-state index contributed by atoms with van der Waals surface area (Å²) in [6, 6.07) is 0.501. The molecule has 0 bridgehead atoms. The lowest BCUT2D eigenvalue weighted by atomic mass is 9.98. The maximum atomic E-state index is 12.7. The maximum Gasteiger partial charge on any atom is 0.332 e. The topological polar surface area (TPSA) is 82.1 Å². The van der Waals surface area contributed by atoms with Crippen molar-refractivity contribution in [2.75, 3.05) is 5.75 Å². The molecule has 8 nitrogen and oxygen atoms in total. The van der Waals surface area contributed by atoms with Gasteiger partial charge in [-0.15, -0.1) is 0 Å². The Kier molecular flexibility index (Phi) is 5.01. The van der Waals surface area contributed by atoms with Crippen LogP contribution in [0.1, 0.15) is 33.1 Å². The Morgan fingerprint density at radius 1 is 1.08 bits per heavy atom. The number of rotatable bonds is 3. The van der Waals surface area contributed by atoms with E-state index >= 15 is 0 Å². The molecule has 2 atom stereocenters. The quantitative estimate of drug-likeness (QED) is 0.739. The minimum absolute atomic E-state index is 0.0866. The molecule has 26 heavy (non-hydrogen) atoms. The minimum Gasteiger partial charge on any atom is -0.337 e. The Morgan fingerprint density at radius 3 is 2.31 bits per heavy atom. The first-order valence-corrected chi connectivity index (χ1v) is 9.79. The smallest absolute Gasteiger partial charge is 0.332 e. The number of carbonyl (C=O) groups excluding carboxylic acids is 1. The zero-order valence-electron chi connectivity index (χ0n) is 15.9. The molecule has 0 radical (unpaired) electrons. The van der Waals surface area contributed by atoms with Crippen molar-refractivity contribution in [2.45, 2.75) is 50.4 Å². The highest BCUT2D eigenvalue weighted by Crippen LogP contribution is 2.25. The van der Waals surface area contributed by atoms with E-state index in [1.807, 2.05) is 4.90 Å². The van der Waals surface area contributed by atoms with Crippen molar-refractivity contribution >= 4 is 28.8 Å². The Morgan fingerprint density at radius 2 is 1.69 bits per heavy atom. The van der Waals surface area contributed by atoms with Crippen LogP contribution < -0.4 is 11.2 Å². The van der Waals surface area contributed by atoms with Gasteiger partial charge in [0, 0.05) is 33.2 Å². The van der Waals surface area contributed by atoms with Crippen LogP contribution in [0, 0.1) is 0 Å². The standard InChI is InChI=1S/C17H25N5O3S/c1-10-7-6-8-11(2)22(10)12(23)9-26-16-18-14-13(19(16)3)15(24)21(5)17(25)20(14)4/h10-11H,6-9H2,1-5H3/t10-,11-/m1/s1. The van der Waals surface area contributed by atoms with Gasteiger partial charge in [0.05, 0.1) is 5.75 Å². The van der Waals surface area contributed by atoms with Gasteiger partial charge in [-0.25, -0.2) is 9.78 Å². The largest absolute Gasteiger partial charge is 0.337 e. The summed E-state index contributed by atoms with van der Waals surface area (Å²) in [6.45, 7) is 4.18. The molecule has 0 N–H and O–H groups in total. The molecule has 9 heteroatoms. The molecule has 0 aromatic carbocycles. The SMILES string of the molecule is C[C@@H]1CCC[C@@H](C)N1C(=O)CSc1nc2c(c(=O)n(C)c(=O)n2C)n1C. The lowest BCUT2D eigenvalue weighted by molar-refractivity contribution is -0.134. The fraction of sp³-hybridized carbons (Fsp3) is 0.647. The molecular formula is C17H25N5O3S. The highest BCUT2D eigenvalue weighted by Gasteiger charge is 2.29. The second kappa shape index (κ2) is 6.94. The zero-order valence-corrected chi connectivity index (χ0v) is 16.7. The average Bonchev–Trinajstić information content (AvgIpc) is 2.93. The number of hydrogen-bond donors (Lipinski definition) is 0. The maximum absolute atomic E-state index is 12.7. The molecule has 1 amide bonds. The summed E-state index contributed by atoms with van der Waals surface area (Å²) < 4.78 is 4.09. The third-order valence-electron chi connectivity index (χ3n) is 5.24. The van der Waals surface area contributed by atoms with Crippen LogP contribution in [-0.2, 0) is 25.9 Å². The fourth-order valence-corrected chi connectivity index (χ4v) is 4.58. The van der Waals surface area contributed by atoms with Crippen molar-refractivity contribution in [1.29, 1.82) is 0 Å². The number of hydrogen-bond acceptors (Lipinski definition) is 5. The lowest BCUT2D eigenvalue weighted by Crippen LogP contribution is -2.48. The summed E-state index contributed by atoms with van der Waals surface area (Å²) >= 11 is 1.30. The summed E-state index contributed by atoms with van der Waals surface area (Å²) in [5.74, 6) is 0.351. The average molecular weight is 379 g/mol. The van der Waals surface area contributed by atoms with Crippen LogP contribution in [0.5, 0.6) is 0 Å². The number of aromatic nitrogens is 4. The van der Waals surface area contributed by atoms with Crippen LogP contribution in [0.4, 0.5) is 0 Å². The molecule has 3 rings (SSSR count). The van der Waals surface area contributed by atoms with Crippen LogP contribution in [-0.4, -0.2) is 47.3 Å². The molecule has 142 valence electrons. The minimum atomic E-state index is -0.413. The van der Waals surface area contributed by atoms with E-state index in [0.29, 0.717) is 16.3 Å². The predicted molar refractivity (Wildman–Crippen MR) is 102 cm³/mol. The Hall–Kier alpha value is -2.03. The summed E-state index contributed by atoms with van der Waals surface area (Å²) in [7, 11) is 4.78. The van der Waals surface area contributed by atoms with E-state index in [2.05, 4.69) is 18.8 Å². The number of amides is 1. The third kappa shape index (κ3) is 2.98. The van der Waals surface area contributed by atoms with Gasteiger partial charge in [-0.2, -0.15) is 0 Å². The van der Waals surface area contributed by atoms with Gasteiger partial charge in [0.1, 0.15) is 0 Å². The summed E-state index contributed by atoms with van der Waals surface area (Å²) in [5.41, 5.74) is -0.0849. The summed E-state index contributed by atoms with van der Waals surface area (Å²) in [5, 5.41) is 0.559. The van der Waals surface area contributed by atoms with Crippen LogP contribution in [0.15, 0.2) is 14.7 Å². The van der Waals surface area contributed by atoms with Crippen LogP contribution in [0.3, 0.4) is 0 Å². The number of imidazole rings is 1. The first kappa shape index (κ1) is 18.8. The monoisotopic (exact) mass is 379 g/mol. The molecule has 0 unspecified atom stereocenters. The van der Waals surface area contributed by atoms with Gasteiger partial charge in [0.15, 0.2) is 16.3 Å². The number of carbonyl (C=O) groups is 1. The highest BCUT2D eigenvalue weighted by atomic mass is 32.2. The number of thioether (sulfide) groups is 1. The highest BCUT2D eigenvalue weighted by molar-refractivity contribution is 7.99. The van der Waals surface area contributed by atoms with E-state index in [4.69, 9.17) is 0 Å². The first-order valence-electron chi connectivity index (χ1n) is 8.80. The van der Waals surface area contributed by atoms with E-state index in [0.717, 1.165) is 23.8 Å². The van der Waals surface area contributed by atoms with Crippen molar-refractivity contribution in [3.8, 4) is 0 Å². The van der Waals surface area contributed by atoms with E-state index in [-0.39, 0.29) is 29.3 Å². The summed E-state index contributed by atoms with van der Waals surface area (Å²) in [4.78, 5) is 43.6. The van der Waals surface area contributed by atoms with Crippen LogP contribution in [0.2, 0.25) is 0 Å². The second-order valence-corrected chi connectivity index (χ2v) is 7.99. The van der Waals surface area contributed by atoms with Crippen molar-refractivity contribution < 1.29 is 4.79 Å². The van der Waals surface area contributed by atoms with E-state index in [1.165, 1.54) is 23.4 Å². The molecule has 2 aromatic heterocycles. The predicted octanol–water partition coefficient (Wildman–Crippen LogP) is 0.852. The summed E-state index contributed by atoms with van der Waals surface area (Å²) in [6.07, 6.45) is 3.22. The molecule has 1 aliphatic heterocycles. The molecule has 0 saturated carbocycles. The van der Waals surface area contributed by atoms with Crippen molar-refractivity contribution in [3.63, 3.8) is 0 Å². The van der Waals surface area contributed by atoms with Gasteiger partial charge in [-0.3, -0.25) is 18.7 Å². The van der Waals surface area contributed by atoms with Gasteiger partial charge in [-0.1, -0.05) is 11.8 Å². The molecule has 1 fully saturated rings. The number of nitrogens with zero attached hydrogens (tertiary/aromatic N) is 5. The van der Waals surface area contributed by atoms with Gasteiger partial charge >= 0.3 is 5.69 Å². The van der Waals surface area contributed by atoms with E-state index in [1.54, 1.807) is 18.7 Å². The van der Waals surface area contributed by atoms with Crippen molar-refractivity contribution in [3.05, 3.63) is 20.8 Å². The fourth-order valence-electron chi connectivity index (χ4n) is 3.74. The Balaban J connectivity index is 1.88. The molecular weight excluding hydrogens is 354 g/mol. The number of likely N-dealkylation sites (tertiary alicyclic amines) is 1. The van der Waals surface area contributed by atoms with Gasteiger partial charge in [0.25, 0.3) is 5.56 Å². The molecule has 2 aromatic rings. The Labute approximate surface area is 155 Å². The molecule has 0 aliphatic carbocycles. The molecule has 3 heterocycles. The van der Waals surface area contributed by atoms with Crippen molar-refractivity contribution in [1.82, 2.24) is 23.6 Å². The number of fused-ring (bicyclic) bond motifs is 1. The number of piperidine rings is 1. The van der Waals surface area contributed by atoms with Gasteiger partial charge < -0.3 is 9.47 Å². The van der Waals surface area contributed by atoms with E-state index < -0.39 is 5.69 Å². The van der Waals surface area contributed by atoms with Crippen LogP contribution >= 0.6 is 11.8 Å². The second-order valence-electron chi connectivity index (χ2n) is 7.05. The van der Waals surface area contributed by atoms with E-state index in [9.17, 15) is 14.4 Å². The molecule has 0 spiro atoms. The van der Waals surface area contributed by atoms with Crippen molar-refractivity contribution in [2.24, 2.45) is 21.1 Å². The molecule has 1 aliphatic rings. The Bertz CT molecular complexity index is 963. The first-order chi connectivity index (χ1) is 12.2. The van der Waals surface area contributed by atoms with Gasteiger partial charge in [0.2, 0.25) is 5.91 Å². The normalized spacial score (nSPS) is 20.7. The lowest BCUT2D eigenvalue weighted by Gasteiger charge is -2.39. The molecule has 1 saturated heterocycles. The number of aryl methyl sites for hydroxylation is 2.